The SMILES string of the molecule is COc1cccc(-c2cc(-c3nn(-c4nc(C(=O)O)cs4)cc3Cc3ccc(S(N)=O)cc3F)ccc2F)c1. The van der Waals surface area contributed by atoms with Crippen molar-refractivity contribution in [1.29, 1.82) is 0 Å². The highest BCUT2D eigenvalue weighted by Crippen LogP contribution is 2.33. The number of carbonyl (C=O) groups is 1. The third kappa shape index (κ3) is 5.48. The van der Waals surface area contributed by atoms with E-state index in [1.54, 1.807) is 42.6 Å². The van der Waals surface area contributed by atoms with E-state index in [1.165, 1.54) is 35.4 Å². The maximum Gasteiger partial charge on any atom is 0.355 e. The Labute approximate surface area is 227 Å². The highest BCUT2D eigenvalue weighted by atomic mass is 32.2. The first-order chi connectivity index (χ1) is 18.7. The molecule has 8 nitrogen and oxygen atoms in total. The van der Waals surface area contributed by atoms with Gasteiger partial charge in [-0.25, -0.2) is 32.6 Å². The Balaban J connectivity index is 1.62. The van der Waals surface area contributed by atoms with Crippen LogP contribution in [0.4, 0.5) is 8.78 Å². The number of aromatic nitrogens is 3. The second-order valence-electron chi connectivity index (χ2n) is 8.42. The van der Waals surface area contributed by atoms with Crippen LogP contribution in [0.15, 0.2) is 77.1 Å². The normalized spacial score (nSPS) is 11.9. The minimum Gasteiger partial charge on any atom is -0.497 e. The molecule has 0 spiro atoms. The first-order valence-electron chi connectivity index (χ1n) is 11.4. The van der Waals surface area contributed by atoms with Gasteiger partial charge >= 0.3 is 5.97 Å². The lowest BCUT2D eigenvalue weighted by Gasteiger charge is -2.09. The van der Waals surface area contributed by atoms with E-state index in [-0.39, 0.29) is 17.0 Å². The van der Waals surface area contributed by atoms with Crippen molar-refractivity contribution >= 4 is 28.3 Å². The number of carboxylic acid groups (broad SMARTS) is 1. The highest BCUT2D eigenvalue weighted by molar-refractivity contribution is 7.82. The van der Waals surface area contributed by atoms with Crippen molar-refractivity contribution < 1.29 is 27.6 Å². The molecule has 12 heteroatoms. The van der Waals surface area contributed by atoms with E-state index in [9.17, 15) is 22.9 Å². The molecule has 5 aromatic rings. The van der Waals surface area contributed by atoms with Crippen LogP contribution in [0.2, 0.25) is 0 Å². The molecule has 5 rings (SSSR count). The largest absolute Gasteiger partial charge is 0.497 e. The van der Waals surface area contributed by atoms with Crippen molar-refractivity contribution in [3.05, 3.63) is 101 Å². The van der Waals surface area contributed by atoms with E-state index in [4.69, 9.17) is 9.88 Å². The number of thiazole rings is 1. The maximum atomic E-state index is 14.9. The summed E-state index contributed by atoms with van der Waals surface area (Å²) >= 11 is 1.08. The van der Waals surface area contributed by atoms with Crippen molar-refractivity contribution in [2.24, 2.45) is 5.14 Å². The molecule has 0 saturated carbocycles. The van der Waals surface area contributed by atoms with E-state index in [2.05, 4.69) is 10.1 Å². The van der Waals surface area contributed by atoms with Crippen LogP contribution < -0.4 is 9.88 Å². The number of carboxylic acids is 1. The Morgan fingerprint density at radius 3 is 2.59 bits per heavy atom. The molecule has 2 heterocycles. The summed E-state index contributed by atoms with van der Waals surface area (Å²) in [5.74, 6) is -1.65. The number of hydrogen-bond donors (Lipinski definition) is 2. The summed E-state index contributed by atoms with van der Waals surface area (Å²) in [7, 11) is -0.308. The van der Waals surface area contributed by atoms with Gasteiger partial charge in [-0.1, -0.05) is 18.2 Å². The third-order valence-corrected chi connectivity index (χ3v) is 7.50. The van der Waals surface area contributed by atoms with Crippen molar-refractivity contribution in [2.75, 3.05) is 7.11 Å². The molecule has 198 valence electrons. The van der Waals surface area contributed by atoms with E-state index in [1.807, 2.05) is 0 Å². The average Bonchev–Trinajstić information content (AvgIpc) is 3.58. The van der Waals surface area contributed by atoms with Gasteiger partial charge < -0.3 is 9.84 Å². The monoisotopic (exact) mass is 566 g/mol. The summed E-state index contributed by atoms with van der Waals surface area (Å²) < 4.78 is 48.1. The lowest BCUT2D eigenvalue weighted by atomic mass is 9.97. The van der Waals surface area contributed by atoms with Gasteiger partial charge in [-0.2, -0.15) is 5.10 Å². The summed E-state index contributed by atoms with van der Waals surface area (Å²) in [4.78, 5) is 15.6. The number of nitrogens with zero attached hydrogens (tertiary/aromatic N) is 3. The Kier molecular flexibility index (Phi) is 7.33. The summed E-state index contributed by atoms with van der Waals surface area (Å²) in [6.07, 6.45) is 1.71. The number of nitrogens with two attached hydrogens (primary N) is 1. The molecule has 3 N–H and O–H groups in total. The summed E-state index contributed by atoms with van der Waals surface area (Å²) in [6.45, 7) is 0. The summed E-state index contributed by atoms with van der Waals surface area (Å²) in [6, 6.07) is 15.6. The molecule has 0 aliphatic rings. The second-order valence-corrected chi connectivity index (χ2v) is 10.3. The smallest absolute Gasteiger partial charge is 0.355 e. The van der Waals surface area contributed by atoms with Gasteiger partial charge in [0.25, 0.3) is 0 Å². The number of methoxy groups -OCH3 is 1. The van der Waals surface area contributed by atoms with Gasteiger partial charge in [-0.05, 0) is 53.6 Å². The molecule has 0 bridgehead atoms. The number of rotatable bonds is 8. The van der Waals surface area contributed by atoms with E-state index < -0.39 is 28.6 Å². The second kappa shape index (κ2) is 10.8. The lowest BCUT2D eigenvalue weighted by Crippen LogP contribution is -2.04. The Hall–Kier alpha value is -4.26. The summed E-state index contributed by atoms with van der Waals surface area (Å²) in [5, 5.41) is 21.0. The maximum absolute atomic E-state index is 14.9. The lowest BCUT2D eigenvalue weighted by molar-refractivity contribution is 0.0691. The first kappa shape index (κ1) is 26.4. The van der Waals surface area contributed by atoms with Crippen molar-refractivity contribution in [1.82, 2.24) is 14.8 Å². The Morgan fingerprint density at radius 2 is 1.90 bits per heavy atom. The van der Waals surface area contributed by atoms with Crippen LogP contribution in [-0.4, -0.2) is 37.2 Å². The van der Waals surface area contributed by atoms with Crippen LogP contribution >= 0.6 is 11.3 Å². The van der Waals surface area contributed by atoms with Crippen LogP contribution in [0.25, 0.3) is 27.5 Å². The van der Waals surface area contributed by atoms with Gasteiger partial charge in [-0.3, -0.25) is 0 Å². The third-order valence-electron chi connectivity index (χ3n) is 5.96. The van der Waals surface area contributed by atoms with Crippen LogP contribution in [0.5, 0.6) is 5.75 Å². The number of hydrogen-bond acceptors (Lipinski definition) is 6. The number of halogens is 2. The molecular weight excluding hydrogens is 546 g/mol. The quantitative estimate of drug-likeness (QED) is 0.266. The van der Waals surface area contributed by atoms with E-state index >= 15 is 0 Å². The van der Waals surface area contributed by atoms with Gasteiger partial charge in [0.15, 0.2) is 5.69 Å². The van der Waals surface area contributed by atoms with E-state index in [0.717, 1.165) is 17.4 Å². The molecule has 0 amide bonds. The molecule has 0 aliphatic heterocycles. The molecule has 0 saturated heterocycles. The van der Waals surface area contributed by atoms with Crippen molar-refractivity contribution in [3.63, 3.8) is 0 Å². The molecule has 1 atom stereocenters. The average molecular weight is 567 g/mol. The zero-order valence-corrected chi connectivity index (χ0v) is 21.9. The predicted molar refractivity (Wildman–Crippen MR) is 143 cm³/mol. The molecule has 2 aromatic heterocycles. The molecule has 3 aromatic carbocycles. The first-order valence-corrected chi connectivity index (χ1v) is 13.5. The zero-order valence-electron chi connectivity index (χ0n) is 20.3. The summed E-state index contributed by atoms with van der Waals surface area (Å²) in [5.41, 5.74) is 2.63. The van der Waals surface area contributed by atoms with Gasteiger partial charge in [-0.15, -0.1) is 11.3 Å². The number of benzene rings is 3. The van der Waals surface area contributed by atoms with Gasteiger partial charge in [0.05, 0.1) is 17.7 Å². The van der Waals surface area contributed by atoms with Crippen LogP contribution in [0.3, 0.4) is 0 Å². The minimum atomic E-state index is -1.83. The van der Waals surface area contributed by atoms with Gasteiger partial charge in [0, 0.05) is 34.7 Å². The van der Waals surface area contributed by atoms with Crippen molar-refractivity contribution in [2.45, 2.75) is 11.3 Å². The number of ether oxygens (including phenoxy) is 1. The Morgan fingerprint density at radius 1 is 1.08 bits per heavy atom. The molecular formula is C27H20F2N4O4S2. The van der Waals surface area contributed by atoms with Crippen LogP contribution in [0.1, 0.15) is 21.6 Å². The standard InChI is InChI=1S/C27H20F2N4O4S2/c1-37-19-4-2-3-15(10-19)21-11-17(6-8-22(21)28)25-18(9-16-5-7-20(39(30)36)12-23(16)29)13-33(32-25)27-31-24(14-38-27)26(34)35/h2-8,10-14H,9,30H2,1H3,(H,34,35). The van der Waals surface area contributed by atoms with Crippen LogP contribution in [-0.2, 0) is 17.4 Å². The number of aromatic carboxylic acids is 1. The van der Waals surface area contributed by atoms with Gasteiger partial charge in [0.1, 0.15) is 28.4 Å². The zero-order chi connectivity index (χ0) is 27.7. The molecule has 0 aliphatic carbocycles. The fourth-order valence-corrected chi connectivity index (χ4v) is 5.18. The highest BCUT2D eigenvalue weighted by Gasteiger charge is 2.19. The Bertz CT molecular complexity index is 1730. The molecule has 1 unspecified atom stereocenters. The van der Waals surface area contributed by atoms with E-state index in [0.29, 0.717) is 44.4 Å². The van der Waals surface area contributed by atoms with Crippen molar-refractivity contribution in [3.8, 4) is 33.3 Å². The predicted octanol–water partition coefficient (Wildman–Crippen LogP) is 5.22. The molecule has 39 heavy (non-hydrogen) atoms. The van der Waals surface area contributed by atoms with Gasteiger partial charge in [0.2, 0.25) is 5.13 Å². The minimum absolute atomic E-state index is 0.0850. The van der Waals surface area contributed by atoms with Crippen LogP contribution in [0, 0.1) is 11.6 Å². The fourth-order valence-electron chi connectivity index (χ4n) is 4.03. The fraction of sp³-hybridized carbons (Fsp3) is 0.0741. The molecule has 0 fully saturated rings. The molecule has 0 radical (unpaired) electrons. The topological polar surface area (TPSA) is 120 Å².